The van der Waals surface area contributed by atoms with Gasteiger partial charge in [0.15, 0.2) is 11.5 Å². The lowest BCUT2D eigenvalue weighted by Crippen LogP contribution is -2.24. The molecule has 0 radical (unpaired) electrons. The third-order valence-corrected chi connectivity index (χ3v) is 6.88. The van der Waals surface area contributed by atoms with Crippen molar-refractivity contribution in [2.75, 3.05) is 13.1 Å². The van der Waals surface area contributed by atoms with Crippen LogP contribution in [0.4, 0.5) is 0 Å². The van der Waals surface area contributed by atoms with Crippen LogP contribution in [-0.4, -0.2) is 40.2 Å². The second kappa shape index (κ2) is 14.3. The third-order valence-electron chi connectivity index (χ3n) is 6.88. The molecule has 45 heavy (non-hydrogen) atoms. The van der Waals surface area contributed by atoms with Crippen molar-refractivity contribution in [3.05, 3.63) is 101 Å². The summed E-state index contributed by atoms with van der Waals surface area (Å²) in [7, 11) is 0. The normalized spacial score (nSPS) is 11.0. The largest absolute Gasteiger partial charge is 0.488 e. The van der Waals surface area contributed by atoms with Gasteiger partial charge in [-0.05, 0) is 42.5 Å². The van der Waals surface area contributed by atoms with E-state index in [1.807, 2.05) is 72.8 Å². The van der Waals surface area contributed by atoms with E-state index in [-0.39, 0.29) is 41.3 Å². The number of benzene rings is 3. The number of nitrogens with one attached hydrogen (secondary N) is 2. The van der Waals surface area contributed by atoms with Crippen LogP contribution in [0.1, 0.15) is 71.5 Å². The highest BCUT2D eigenvalue weighted by atomic mass is 16.5. The fraction of sp³-hybridized carbons (Fsp3) is 0.265. The molecule has 0 aliphatic rings. The number of ether oxygens (including phenoxy) is 2. The number of carbonyl (C=O) groups excluding carboxylic acids is 2. The van der Waals surface area contributed by atoms with E-state index in [0.717, 1.165) is 16.7 Å². The van der Waals surface area contributed by atoms with Gasteiger partial charge in [0.1, 0.15) is 30.3 Å². The highest BCUT2D eigenvalue weighted by molar-refractivity contribution is 6.02. The minimum Gasteiger partial charge on any atom is -0.488 e. The minimum atomic E-state index is -0.539. The van der Waals surface area contributed by atoms with Gasteiger partial charge in [-0.15, -0.1) is 0 Å². The molecule has 3 aromatic carbocycles. The molecule has 0 aliphatic carbocycles. The fourth-order valence-electron chi connectivity index (χ4n) is 4.66. The van der Waals surface area contributed by atoms with Crippen LogP contribution in [0.3, 0.4) is 0 Å². The van der Waals surface area contributed by atoms with Gasteiger partial charge in [-0.3, -0.25) is 9.59 Å². The Kier molecular flexibility index (Phi) is 9.88. The van der Waals surface area contributed by atoms with Gasteiger partial charge in [0.25, 0.3) is 5.91 Å². The first-order valence-electron chi connectivity index (χ1n) is 14.8. The maximum atomic E-state index is 13.1. The van der Waals surface area contributed by atoms with Gasteiger partial charge in [0, 0.05) is 19.2 Å². The van der Waals surface area contributed by atoms with Crippen molar-refractivity contribution in [2.45, 2.75) is 46.8 Å². The molecule has 0 saturated carbocycles. The molecule has 0 bridgehead atoms. The Hall–Kier alpha value is -5.45. The van der Waals surface area contributed by atoms with Crippen LogP contribution in [-0.2, 0) is 13.2 Å². The zero-order valence-corrected chi connectivity index (χ0v) is 25.6. The Morgan fingerprint density at radius 2 is 1.38 bits per heavy atom. The maximum Gasteiger partial charge on any atom is 0.316 e. The maximum absolute atomic E-state index is 13.1. The molecule has 5 rings (SSSR count). The van der Waals surface area contributed by atoms with E-state index in [9.17, 15) is 9.59 Å². The Labute approximate surface area is 260 Å². The number of hydrogen-bond donors (Lipinski definition) is 2. The molecule has 11 heteroatoms. The summed E-state index contributed by atoms with van der Waals surface area (Å²) in [6.45, 7) is 9.01. The summed E-state index contributed by atoms with van der Waals surface area (Å²) in [6, 6.07) is 23.3. The number of rotatable bonds is 13. The Bertz CT molecular complexity index is 1750. The van der Waals surface area contributed by atoms with E-state index in [4.69, 9.17) is 18.5 Å². The van der Waals surface area contributed by atoms with Crippen molar-refractivity contribution >= 4 is 11.8 Å². The summed E-state index contributed by atoms with van der Waals surface area (Å²) < 4.78 is 23.8. The lowest BCUT2D eigenvalue weighted by Gasteiger charge is -2.19. The average molecular weight is 610 g/mol. The Balaban J connectivity index is 1.65. The molecule has 11 nitrogen and oxygen atoms in total. The van der Waals surface area contributed by atoms with Crippen LogP contribution in [0.5, 0.6) is 11.5 Å². The zero-order valence-electron chi connectivity index (χ0n) is 25.6. The van der Waals surface area contributed by atoms with Crippen molar-refractivity contribution in [3.63, 3.8) is 0 Å². The van der Waals surface area contributed by atoms with Gasteiger partial charge < -0.3 is 29.2 Å². The smallest absolute Gasteiger partial charge is 0.316 e. The molecule has 0 aliphatic heterocycles. The van der Waals surface area contributed by atoms with Crippen LogP contribution in [0.2, 0.25) is 0 Å². The predicted molar refractivity (Wildman–Crippen MR) is 167 cm³/mol. The summed E-state index contributed by atoms with van der Waals surface area (Å²) in [6.07, 6.45) is 0. The number of amides is 2. The van der Waals surface area contributed by atoms with Gasteiger partial charge in [-0.1, -0.05) is 84.8 Å². The van der Waals surface area contributed by atoms with E-state index >= 15 is 0 Å². The SMILES string of the molecule is CCNC(=O)c1nc(-c2c(C(=O)NCC)noc2-c2cc(C(C)C)c(OCc3ccccc3)cc2OCc2ccccc2)no1. The van der Waals surface area contributed by atoms with Crippen molar-refractivity contribution in [2.24, 2.45) is 0 Å². The molecule has 2 amide bonds. The van der Waals surface area contributed by atoms with E-state index in [1.165, 1.54) is 0 Å². The predicted octanol–water partition coefficient (Wildman–Crippen LogP) is 6.17. The zero-order chi connectivity index (χ0) is 31.8. The quantitative estimate of drug-likeness (QED) is 0.160. The molecular formula is C34H35N5O6. The summed E-state index contributed by atoms with van der Waals surface area (Å²) in [5.74, 6) is -0.0247. The number of nitrogens with zero attached hydrogens (tertiary/aromatic N) is 3. The Morgan fingerprint density at radius 1 is 0.778 bits per heavy atom. The summed E-state index contributed by atoms with van der Waals surface area (Å²) in [5, 5.41) is 13.5. The molecule has 2 aromatic heterocycles. The van der Waals surface area contributed by atoms with Gasteiger partial charge in [0.2, 0.25) is 5.82 Å². The van der Waals surface area contributed by atoms with E-state index in [0.29, 0.717) is 36.8 Å². The number of carbonyl (C=O) groups is 2. The highest BCUT2D eigenvalue weighted by Gasteiger charge is 2.31. The molecule has 2 N–H and O–H groups in total. The summed E-state index contributed by atoms with van der Waals surface area (Å²) in [5.41, 5.74) is 3.47. The second-order valence-electron chi connectivity index (χ2n) is 10.5. The van der Waals surface area contributed by atoms with Crippen molar-refractivity contribution < 1.29 is 28.1 Å². The second-order valence-corrected chi connectivity index (χ2v) is 10.5. The summed E-state index contributed by atoms with van der Waals surface area (Å²) in [4.78, 5) is 29.8. The van der Waals surface area contributed by atoms with Gasteiger partial charge in [-0.25, -0.2) is 0 Å². The van der Waals surface area contributed by atoms with E-state index < -0.39 is 11.8 Å². The molecule has 5 aromatic rings. The first-order valence-corrected chi connectivity index (χ1v) is 14.8. The van der Waals surface area contributed by atoms with Gasteiger partial charge in [-0.2, -0.15) is 4.98 Å². The molecule has 0 unspecified atom stereocenters. The summed E-state index contributed by atoms with van der Waals surface area (Å²) >= 11 is 0. The van der Waals surface area contributed by atoms with Gasteiger partial charge in [0.05, 0.1) is 5.56 Å². The van der Waals surface area contributed by atoms with E-state index in [2.05, 4.69) is 39.8 Å². The molecular weight excluding hydrogens is 574 g/mol. The molecule has 2 heterocycles. The van der Waals surface area contributed by atoms with Crippen molar-refractivity contribution in [1.82, 2.24) is 25.9 Å². The van der Waals surface area contributed by atoms with Crippen LogP contribution < -0.4 is 20.1 Å². The number of hydrogen-bond acceptors (Lipinski definition) is 9. The lowest BCUT2D eigenvalue weighted by atomic mass is 9.96. The van der Waals surface area contributed by atoms with Crippen molar-refractivity contribution in [3.8, 4) is 34.2 Å². The highest BCUT2D eigenvalue weighted by Crippen LogP contribution is 2.44. The molecule has 0 atom stereocenters. The fourth-order valence-corrected chi connectivity index (χ4v) is 4.66. The van der Waals surface area contributed by atoms with E-state index in [1.54, 1.807) is 13.8 Å². The number of aromatic nitrogens is 3. The molecule has 0 saturated heterocycles. The molecule has 232 valence electrons. The third kappa shape index (κ3) is 7.20. The van der Waals surface area contributed by atoms with Crippen LogP contribution in [0.15, 0.2) is 81.8 Å². The van der Waals surface area contributed by atoms with Crippen molar-refractivity contribution in [1.29, 1.82) is 0 Å². The van der Waals surface area contributed by atoms with Crippen LogP contribution in [0.25, 0.3) is 22.7 Å². The monoisotopic (exact) mass is 609 g/mol. The molecule has 0 spiro atoms. The van der Waals surface area contributed by atoms with Crippen LogP contribution in [0, 0.1) is 0 Å². The first kappa shape index (κ1) is 31.0. The topological polar surface area (TPSA) is 142 Å². The first-order chi connectivity index (χ1) is 21.9. The van der Waals surface area contributed by atoms with Crippen LogP contribution >= 0.6 is 0 Å². The van der Waals surface area contributed by atoms with Gasteiger partial charge >= 0.3 is 11.8 Å². The average Bonchev–Trinajstić information content (AvgIpc) is 3.72. The minimum absolute atomic E-state index is 0.0294. The Morgan fingerprint density at radius 3 is 1.98 bits per heavy atom. The lowest BCUT2D eigenvalue weighted by molar-refractivity contribution is 0.0910. The standard InChI is InChI=1S/C34H35N5O6/c1-5-35-32(40)29-28(31-37-34(45-39-31)33(41)36-6-2)30(44-38-29)25-17-24(21(3)4)26(42-19-22-13-9-7-10-14-22)18-27(25)43-20-23-15-11-8-12-16-23/h7-18,21H,5-6,19-20H2,1-4H3,(H,35,40)(H,36,41). The molecule has 0 fully saturated rings.